The zero-order chi connectivity index (χ0) is 8.85. The summed E-state index contributed by atoms with van der Waals surface area (Å²) in [4.78, 5) is 2.22. The summed E-state index contributed by atoms with van der Waals surface area (Å²) in [5.41, 5.74) is 5.90. The Hall–Kier alpha value is -0.0800. The number of hydrogen-bond donors (Lipinski definition) is 1. The molecule has 2 heteroatoms. The van der Waals surface area contributed by atoms with Gasteiger partial charge in [-0.3, -0.25) is 0 Å². The summed E-state index contributed by atoms with van der Waals surface area (Å²) in [6.45, 7) is 4.40. The van der Waals surface area contributed by atoms with Gasteiger partial charge >= 0.3 is 0 Å². The van der Waals surface area contributed by atoms with Gasteiger partial charge in [0, 0.05) is 12.1 Å². The van der Waals surface area contributed by atoms with Crippen molar-refractivity contribution in [1.82, 2.24) is 4.90 Å². The molecule has 11 heavy (non-hydrogen) atoms. The van der Waals surface area contributed by atoms with E-state index in [-0.39, 0.29) is 0 Å². The van der Waals surface area contributed by atoms with Crippen LogP contribution in [0.1, 0.15) is 33.1 Å². The van der Waals surface area contributed by atoms with Crippen molar-refractivity contribution in [2.45, 2.75) is 45.2 Å². The van der Waals surface area contributed by atoms with Crippen LogP contribution in [-0.4, -0.2) is 31.1 Å². The highest BCUT2D eigenvalue weighted by molar-refractivity contribution is 4.68. The van der Waals surface area contributed by atoms with Crippen LogP contribution in [0.3, 0.4) is 0 Å². The van der Waals surface area contributed by atoms with Crippen LogP contribution in [0.4, 0.5) is 0 Å². The van der Waals surface area contributed by atoms with E-state index < -0.39 is 0 Å². The highest BCUT2D eigenvalue weighted by Gasteiger charge is 2.09. The van der Waals surface area contributed by atoms with E-state index >= 15 is 0 Å². The van der Waals surface area contributed by atoms with Crippen molar-refractivity contribution in [1.29, 1.82) is 0 Å². The predicted molar refractivity (Wildman–Crippen MR) is 50.6 cm³/mol. The van der Waals surface area contributed by atoms with Crippen LogP contribution in [0.25, 0.3) is 0 Å². The normalized spacial score (nSPS) is 16.9. The second-order valence-corrected chi connectivity index (χ2v) is 3.60. The Morgan fingerprint density at radius 1 is 1.36 bits per heavy atom. The third-order valence-corrected chi connectivity index (χ3v) is 2.18. The van der Waals surface area contributed by atoms with E-state index in [0.717, 1.165) is 12.8 Å². The summed E-state index contributed by atoms with van der Waals surface area (Å²) in [7, 11) is 4.20. The molecule has 0 saturated carbocycles. The Morgan fingerprint density at radius 2 is 1.91 bits per heavy atom. The lowest BCUT2D eigenvalue weighted by atomic mass is 10.0. The van der Waals surface area contributed by atoms with Gasteiger partial charge in [0.2, 0.25) is 0 Å². The lowest BCUT2D eigenvalue weighted by Gasteiger charge is -2.22. The Kier molecular flexibility index (Phi) is 5.51. The fourth-order valence-electron chi connectivity index (χ4n) is 1.14. The molecular weight excluding hydrogens is 136 g/mol. The summed E-state index contributed by atoms with van der Waals surface area (Å²) >= 11 is 0. The van der Waals surface area contributed by atoms with E-state index in [1.54, 1.807) is 0 Å². The monoisotopic (exact) mass is 158 g/mol. The Labute approximate surface area is 70.8 Å². The fourth-order valence-corrected chi connectivity index (χ4v) is 1.14. The molecule has 2 unspecified atom stereocenters. The fraction of sp³-hybridized carbons (Fsp3) is 1.00. The number of hydrogen-bond acceptors (Lipinski definition) is 2. The molecule has 2 nitrogen and oxygen atoms in total. The Balaban J connectivity index is 3.48. The summed E-state index contributed by atoms with van der Waals surface area (Å²) < 4.78 is 0. The first kappa shape index (κ1) is 10.9. The summed E-state index contributed by atoms with van der Waals surface area (Å²) in [5.74, 6) is 0. The molecule has 2 N–H and O–H groups in total. The molecule has 0 aromatic rings. The van der Waals surface area contributed by atoms with Crippen molar-refractivity contribution >= 4 is 0 Å². The average molecular weight is 158 g/mol. The Morgan fingerprint density at radius 3 is 2.27 bits per heavy atom. The van der Waals surface area contributed by atoms with Crippen LogP contribution in [0.15, 0.2) is 0 Å². The van der Waals surface area contributed by atoms with Crippen molar-refractivity contribution < 1.29 is 0 Å². The van der Waals surface area contributed by atoms with Gasteiger partial charge in [-0.1, -0.05) is 13.3 Å². The molecule has 0 fully saturated rings. The van der Waals surface area contributed by atoms with E-state index in [9.17, 15) is 0 Å². The SMILES string of the molecule is CCCC(N)CC(C)N(C)C. The quantitative estimate of drug-likeness (QED) is 0.656. The molecule has 0 aliphatic carbocycles. The summed E-state index contributed by atoms with van der Waals surface area (Å²) in [6.07, 6.45) is 3.46. The van der Waals surface area contributed by atoms with Gasteiger partial charge in [-0.15, -0.1) is 0 Å². The highest BCUT2D eigenvalue weighted by atomic mass is 15.1. The molecule has 0 aliphatic heterocycles. The lowest BCUT2D eigenvalue weighted by Crippen LogP contribution is -2.32. The van der Waals surface area contributed by atoms with Gasteiger partial charge in [-0.05, 0) is 33.9 Å². The van der Waals surface area contributed by atoms with Gasteiger partial charge in [-0.2, -0.15) is 0 Å². The number of rotatable bonds is 5. The number of nitrogens with two attached hydrogens (primary N) is 1. The van der Waals surface area contributed by atoms with E-state index in [4.69, 9.17) is 5.73 Å². The van der Waals surface area contributed by atoms with Crippen molar-refractivity contribution in [3.63, 3.8) is 0 Å². The molecule has 2 atom stereocenters. The van der Waals surface area contributed by atoms with E-state index in [0.29, 0.717) is 12.1 Å². The molecule has 0 aromatic carbocycles. The number of nitrogens with zero attached hydrogens (tertiary/aromatic N) is 1. The third-order valence-electron chi connectivity index (χ3n) is 2.18. The van der Waals surface area contributed by atoms with Gasteiger partial charge in [0.1, 0.15) is 0 Å². The van der Waals surface area contributed by atoms with Gasteiger partial charge in [-0.25, -0.2) is 0 Å². The molecular formula is C9H22N2. The van der Waals surface area contributed by atoms with Crippen molar-refractivity contribution in [3.05, 3.63) is 0 Å². The first-order chi connectivity index (χ1) is 5.07. The molecule has 0 saturated heterocycles. The minimum Gasteiger partial charge on any atom is -0.328 e. The lowest BCUT2D eigenvalue weighted by molar-refractivity contribution is 0.279. The van der Waals surface area contributed by atoms with Crippen LogP contribution in [-0.2, 0) is 0 Å². The van der Waals surface area contributed by atoms with Gasteiger partial charge < -0.3 is 10.6 Å². The molecule has 0 aromatic heterocycles. The summed E-state index contributed by atoms with van der Waals surface area (Å²) in [6, 6.07) is 0.994. The molecule has 0 bridgehead atoms. The molecule has 68 valence electrons. The first-order valence-electron chi connectivity index (χ1n) is 4.50. The maximum Gasteiger partial charge on any atom is 0.00755 e. The highest BCUT2D eigenvalue weighted by Crippen LogP contribution is 2.05. The van der Waals surface area contributed by atoms with Gasteiger partial charge in [0.25, 0.3) is 0 Å². The van der Waals surface area contributed by atoms with Crippen molar-refractivity contribution in [3.8, 4) is 0 Å². The second kappa shape index (κ2) is 5.56. The summed E-state index contributed by atoms with van der Waals surface area (Å²) in [5, 5.41) is 0. The predicted octanol–water partition coefficient (Wildman–Crippen LogP) is 1.45. The van der Waals surface area contributed by atoms with E-state index in [1.807, 2.05) is 0 Å². The smallest absolute Gasteiger partial charge is 0.00755 e. The van der Waals surface area contributed by atoms with E-state index in [2.05, 4.69) is 32.8 Å². The molecule has 0 heterocycles. The van der Waals surface area contributed by atoms with Crippen molar-refractivity contribution in [2.24, 2.45) is 5.73 Å². The molecule has 0 rings (SSSR count). The zero-order valence-electron chi connectivity index (χ0n) is 8.30. The molecule has 0 aliphatic rings. The molecule has 0 spiro atoms. The van der Waals surface area contributed by atoms with Crippen LogP contribution in [0.5, 0.6) is 0 Å². The third kappa shape index (κ3) is 5.22. The molecule has 0 amide bonds. The van der Waals surface area contributed by atoms with E-state index in [1.165, 1.54) is 6.42 Å². The average Bonchev–Trinajstić information content (AvgIpc) is 1.87. The first-order valence-corrected chi connectivity index (χ1v) is 4.50. The van der Waals surface area contributed by atoms with Crippen LogP contribution in [0.2, 0.25) is 0 Å². The molecule has 0 radical (unpaired) electrons. The minimum atomic E-state index is 0.386. The second-order valence-electron chi connectivity index (χ2n) is 3.60. The Bertz CT molecular complexity index is 91.6. The largest absolute Gasteiger partial charge is 0.328 e. The van der Waals surface area contributed by atoms with Gasteiger partial charge in [0.15, 0.2) is 0 Å². The minimum absolute atomic E-state index is 0.386. The zero-order valence-corrected chi connectivity index (χ0v) is 8.30. The van der Waals surface area contributed by atoms with Crippen LogP contribution in [0, 0.1) is 0 Å². The topological polar surface area (TPSA) is 29.3 Å². The van der Waals surface area contributed by atoms with Crippen molar-refractivity contribution in [2.75, 3.05) is 14.1 Å². The van der Waals surface area contributed by atoms with Crippen LogP contribution >= 0.6 is 0 Å². The van der Waals surface area contributed by atoms with Crippen LogP contribution < -0.4 is 5.73 Å². The maximum atomic E-state index is 5.90. The standard InChI is InChI=1S/C9H22N2/c1-5-6-9(10)7-8(2)11(3)4/h8-9H,5-7,10H2,1-4H3. The maximum absolute atomic E-state index is 5.90. The van der Waals surface area contributed by atoms with Gasteiger partial charge in [0.05, 0.1) is 0 Å².